The van der Waals surface area contributed by atoms with Crippen molar-refractivity contribution >= 4 is 0 Å². The molecule has 1 fully saturated rings. The van der Waals surface area contributed by atoms with Crippen molar-refractivity contribution in [2.24, 2.45) is 0 Å². The van der Waals surface area contributed by atoms with E-state index in [9.17, 15) is 10.4 Å². The molecule has 4 rings (SSSR count). The number of hydrogen-bond acceptors (Lipinski definition) is 5. The van der Waals surface area contributed by atoms with Crippen LogP contribution in [-0.4, -0.2) is 20.0 Å². The first kappa shape index (κ1) is 23.1. The van der Waals surface area contributed by atoms with Gasteiger partial charge in [0.15, 0.2) is 0 Å². The fourth-order valence-corrected chi connectivity index (χ4v) is 5.20. The Bertz CT molecular complexity index is 1140. The number of aliphatic hydroxyl groups excluding tert-OH is 1. The normalized spacial score (nSPS) is 18.8. The van der Waals surface area contributed by atoms with Crippen molar-refractivity contribution in [3.05, 3.63) is 93.1 Å². The standard InChI is InChI=1S/C28H32N4O/c1-18-10-20(3)27(30-14-18)25-6-5-7-26(28-21(4)11-19(2)15-31-28)32(25)16-23-9-8-22(13-29)12-24(23)17-33/h8-12,14-15,25-26,33H,5-7,16-17H2,1-4H3/t25-,26+. The molecule has 0 unspecified atom stereocenters. The molecule has 2 atom stereocenters. The highest BCUT2D eigenvalue weighted by molar-refractivity contribution is 5.38. The van der Waals surface area contributed by atoms with Crippen LogP contribution >= 0.6 is 0 Å². The molecule has 3 aromatic rings. The molecule has 170 valence electrons. The van der Waals surface area contributed by atoms with Crippen molar-refractivity contribution in [1.82, 2.24) is 14.9 Å². The molecule has 1 aliphatic heterocycles. The fraction of sp³-hybridized carbons (Fsp3) is 0.393. The summed E-state index contributed by atoms with van der Waals surface area (Å²) in [5, 5.41) is 19.3. The Morgan fingerprint density at radius 2 is 1.48 bits per heavy atom. The quantitative estimate of drug-likeness (QED) is 0.564. The monoisotopic (exact) mass is 440 g/mol. The van der Waals surface area contributed by atoms with Crippen molar-refractivity contribution in [3.8, 4) is 6.07 Å². The SMILES string of the molecule is Cc1cnc([C@H]2CCC[C@@H](c3ncc(C)cc3C)N2Cc2ccc(C#N)cc2CO)c(C)c1. The molecule has 0 spiro atoms. The summed E-state index contributed by atoms with van der Waals surface area (Å²) in [6.07, 6.45) is 7.09. The molecule has 0 saturated carbocycles. The summed E-state index contributed by atoms with van der Waals surface area (Å²) in [6.45, 7) is 9.03. The first-order valence-corrected chi connectivity index (χ1v) is 11.7. The lowest BCUT2D eigenvalue weighted by molar-refractivity contribution is 0.0671. The molecule has 1 aliphatic rings. The highest BCUT2D eigenvalue weighted by Gasteiger charge is 2.35. The molecule has 0 bridgehead atoms. The number of hydrogen-bond donors (Lipinski definition) is 1. The lowest BCUT2D eigenvalue weighted by atomic mass is 9.87. The number of rotatable bonds is 5. The van der Waals surface area contributed by atoms with E-state index in [2.05, 4.69) is 50.8 Å². The van der Waals surface area contributed by atoms with Gasteiger partial charge in [-0.25, -0.2) is 0 Å². The summed E-state index contributed by atoms with van der Waals surface area (Å²) in [5.41, 5.74) is 9.41. The number of benzene rings is 1. The van der Waals surface area contributed by atoms with Crippen LogP contribution in [0.3, 0.4) is 0 Å². The Kier molecular flexibility index (Phi) is 6.88. The van der Waals surface area contributed by atoms with E-state index in [0.29, 0.717) is 12.1 Å². The predicted molar refractivity (Wildman–Crippen MR) is 129 cm³/mol. The number of likely N-dealkylation sites (tertiary alicyclic amines) is 1. The molecule has 1 N–H and O–H groups in total. The maximum absolute atomic E-state index is 10.0. The van der Waals surface area contributed by atoms with Crippen LogP contribution in [-0.2, 0) is 13.2 Å². The van der Waals surface area contributed by atoms with Gasteiger partial charge < -0.3 is 5.11 Å². The van der Waals surface area contributed by atoms with Gasteiger partial charge in [-0.05, 0) is 92.5 Å². The molecule has 33 heavy (non-hydrogen) atoms. The number of nitriles is 1. The number of aliphatic hydroxyl groups is 1. The van der Waals surface area contributed by atoms with E-state index < -0.39 is 0 Å². The zero-order chi connectivity index (χ0) is 23.5. The first-order chi connectivity index (χ1) is 15.9. The number of nitrogens with zero attached hydrogens (tertiary/aromatic N) is 4. The minimum atomic E-state index is -0.0857. The highest BCUT2D eigenvalue weighted by Crippen LogP contribution is 2.43. The molecule has 1 saturated heterocycles. The zero-order valence-corrected chi connectivity index (χ0v) is 20.0. The fourth-order valence-electron chi connectivity index (χ4n) is 5.20. The van der Waals surface area contributed by atoms with Crippen molar-refractivity contribution in [2.45, 2.75) is 72.2 Å². The Balaban J connectivity index is 1.80. The average Bonchev–Trinajstić information content (AvgIpc) is 2.80. The molecule has 5 nitrogen and oxygen atoms in total. The van der Waals surface area contributed by atoms with Crippen LogP contribution < -0.4 is 0 Å². The Hall–Kier alpha value is -3.07. The molecule has 2 aromatic heterocycles. The summed E-state index contributed by atoms with van der Waals surface area (Å²) in [7, 11) is 0. The van der Waals surface area contributed by atoms with Gasteiger partial charge in [0.2, 0.25) is 0 Å². The Morgan fingerprint density at radius 1 is 0.909 bits per heavy atom. The summed E-state index contributed by atoms with van der Waals surface area (Å²) in [4.78, 5) is 12.3. The van der Waals surface area contributed by atoms with Crippen LogP contribution in [0.2, 0.25) is 0 Å². The number of pyridine rings is 2. The zero-order valence-electron chi connectivity index (χ0n) is 20.0. The van der Waals surface area contributed by atoms with Gasteiger partial charge in [-0.1, -0.05) is 18.2 Å². The molecule has 0 radical (unpaired) electrons. The van der Waals surface area contributed by atoms with Gasteiger partial charge in [-0.3, -0.25) is 14.9 Å². The van der Waals surface area contributed by atoms with Gasteiger partial charge in [0, 0.05) is 18.9 Å². The van der Waals surface area contributed by atoms with Crippen LogP contribution in [0.5, 0.6) is 0 Å². The average molecular weight is 441 g/mol. The van der Waals surface area contributed by atoms with Crippen molar-refractivity contribution in [3.63, 3.8) is 0 Å². The van der Waals surface area contributed by atoms with E-state index in [4.69, 9.17) is 9.97 Å². The summed E-state index contributed by atoms with van der Waals surface area (Å²) in [5.74, 6) is 0. The number of aromatic nitrogens is 2. The highest BCUT2D eigenvalue weighted by atomic mass is 16.3. The summed E-state index contributed by atoms with van der Waals surface area (Å²) in [6, 6.07) is 12.5. The van der Waals surface area contributed by atoms with Crippen LogP contribution in [0.1, 0.15) is 81.7 Å². The maximum atomic E-state index is 10.0. The molecular formula is C28H32N4O. The summed E-state index contributed by atoms with van der Waals surface area (Å²) < 4.78 is 0. The first-order valence-electron chi connectivity index (χ1n) is 11.7. The smallest absolute Gasteiger partial charge is 0.0991 e. The third-order valence-electron chi connectivity index (χ3n) is 6.76. The van der Waals surface area contributed by atoms with E-state index in [-0.39, 0.29) is 18.7 Å². The lowest BCUT2D eigenvalue weighted by Crippen LogP contribution is -2.37. The van der Waals surface area contributed by atoms with Gasteiger partial charge in [-0.15, -0.1) is 0 Å². The topological polar surface area (TPSA) is 73.0 Å². The van der Waals surface area contributed by atoms with E-state index in [1.165, 1.54) is 22.3 Å². The third-order valence-corrected chi connectivity index (χ3v) is 6.76. The van der Waals surface area contributed by atoms with Crippen molar-refractivity contribution in [2.75, 3.05) is 0 Å². The Morgan fingerprint density at radius 3 is 1.97 bits per heavy atom. The van der Waals surface area contributed by atoms with E-state index in [1.807, 2.05) is 24.5 Å². The molecule has 1 aromatic carbocycles. The molecule has 3 heterocycles. The third kappa shape index (κ3) is 4.83. The minimum absolute atomic E-state index is 0.0857. The summed E-state index contributed by atoms with van der Waals surface area (Å²) >= 11 is 0. The number of aryl methyl sites for hydroxylation is 4. The molecular weight excluding hydrogens is 408 g/mol. The second-order valence-corrected chi connectivity index (χ2v) is 9.32. The van der Waals surface area contributed by atoms with Crippen LogP contribution in [0.15, 0.2) is 42.7 Å². The van der Waals surface area contributed by atoms with Gasteiger partial charge >= 0.3 is 0 Å². The van der Waals surface area contributed by atoms with E-state index in [0.717, 1.165) is 41.8 Å². The molecule has 0 amide bonds. The van der Waals surface area contributed by atoms with Gasteiger partial charge in [0.05, 0.1) is 41.7 Å². The van der Waals surface area contributed by atoms with Crippen molar-refractivity contribution in [1.29, 1.82) is 5.26 Å². The van der Waals surface area contributed by atoms with Crippen LogP contribution in [0, 0.1) is 39.0 Å². The second kappa shape index (κ2) is 9.82. The predicted octanol–water partition coefficient (Wildman–Crippen LogP) is 5.54. The van der Waals surface area contributed by atoms with Gasteiger partial charge in [0.1, 0.15) is 0 Å². The van der Waals surface area contributed by atoms with E-state index in [1.54, 1.807) is 6.07 Å². The van der Waals surface area contributed by atoms with Crippen LogP contribution in [0.25, 0.3) is 0 Å². The molecule has 0 aliphatic carbocycles. The number of piperidine rings is 1. The lowest BCUT2D eigenvalue weighted by Gasteiger charge is -2.43. The van der Waals surface area contributed by atoms with E-state index >= 15 is 0 Å². The van der Waals surface area contributed by atoms with Gasteiger partial charge in [0.25, 0.3) is 0 Å². The Labute approximate surface area is 196 Å². The van der Waals surface area contributed by atoms with Gasteiger partial charge in [-0.2, -0.15) is 5.26 Å². The largest absolute Gasteiger partial charge is 0.392 e. The van der Waals surface area contributed by atoms with Crippen LogP contribution in [0.4, 0.5) is 0 Å². The molecule has 5 heteroatoms. The minimum Gasteiger partial charge on any atom is -0.392 e. The van der Waals surface area contributed by atoms with Crippen molar-refractivity contribution < 1.29 is 5.11 Å². The maximum Gasteiger partial charge on any atom is 0.0991 e. The second-order valence-electron chi connectivity index (χ2n) is 9.32.